The number of hydrogen-bond acceptors (Lipinski definition) is 4. The van der Waals surface area contributed by atoms with Crippen molar-refractivity contribution in [1.29, 1.82) is 0 Å². The standard InChI is InChI=1S/C17H15F3N2O4S/c1-27(24,25)22-14-7-4-6-13(11-14)21-16(23)10-9-12-5-2-3-8-15(12)26-17(18,19)20/h2-11,22H,1H3,(H,21,23). The van der Waals surface area contributed by atoms with Gasteiger partial charge in [0.25, 0.3) is 0 Å². The summed E-state index contributed by atoms with van der Waals surface area (Å²) in [5, 5.41) is 2.48. The summed E-state index contributed by atoms with van der Waals surface area (Å²) < 4.78 is 65.8. The van der Waals surface area contributed by atoms with E-state index in [4.69, 9.17) is 0 Å². The number of anilines is 2. The number of benzene rings is 2. The van der Waals surface area contributed by atoms with Gasteiger partial charge in [-0.1, -0.05) is 24.3 Å². The molecule has 0 heterocycles. The summed E-state index contributed by atoms with van der Waals surface area (Å²) in [6.45, 7) is 0. The molecule has 0 unspecified atom stereocenters. The number of sulfonamides is 1. The SMILES string of the molecule is CS(=O)(=O)Nc1cccc(NC(=O)C=Cc2ccccc2OC(F)(F)F)c1. The van der Waals surface area contributed by atoms with E-state index in [1.165, 1.54) is 48.5 Å². The highest BCUT2D eigenvalue weighted by atomic mass is 32.2. The topological polar surface area (TPSA) is 84.5 Å². The molecule has 0 saturated heterocycles. The van der Waals surface area contributed by atoms with Crippen LogP contribution in [0, 0.1) is 0 Å². The Morgan fingerprint density at radius 2 is 1.74 bits per heavy atom. The Labute approximate surface area is 153 Å². The molecular weight excluding hydrogens is 385 g/mol. The molecule has 0 spiro atoms. The summed E-state index contributed by atoms with van der Waals surface area (Å²) in [6.07, 6.45) is -1.65. The van der Waals surface area contributed by atoms with Crippen molar-refractivity contribution >= 4 is 33.4 Å². The van der Waals surface area contributed by atoms with Crippen LogP contribution in [0.3, 0.4) is 0 Å². The zero-order chi connectivity index (χ0) is 20.1. The van der Waals surface area contributed by atoms with Gasteiger partial charge in [0.15, 0.2) is 0 Å². The third-order valence-electron chi connectivity index (χ3n) is 2.99. The van der Waals surface area contributed by atoms with Crippen LogP contribution in [-0.2, 0) is 14.8 Å². The van der Waals surface area contributed by atoms with Crippen molar-refractivity contribution < 1.29 is 31.1 Å². The van der Waals surface area contributed by atoms with Gasteiger partial charge in [0.05, 0.1) is 11.9 Å². The molecule has 2 N–H and O–H groups in total. The molecule has 0 radical (unpaired) electrons. The molecule has 2 aromatic rings. The number of carbonyl (C=O) groups is 1. The van der Waals surface area contributed by atoms with Gasteiger partial charge in [0, 0.05) is 17.3 Å². The van der Waals surface area contributed by atoms with Crippen LogP contribution >= 0.6 is 0 Å². The fourth-order valence-corrected chi connectivity index (χ4v) is 2.61. The lowest BCUT2D eigenvalue weighted by Gasteiger charge is -2.11. The van der Waals surface area contributed by atoms with E-state index in [1.54, 1.807) is 0 Å². The van der Waals surface area contributed by atoms with E-state index in [0.29, 0.717) is 5.69 Å². The maximum Gasteiger partial charge on any atom is 0.573 e. The molecule has 0 bridgehead atoms. The van der Waals surface area contributed by atoms with E-state index in [1.807, 2.05) is 0 Å². The van der Waals surface area contributed by atoms with Gasteiger partial charge in [-0.2, -0.15) is 0 Å². The fraction of sp³-hybridized carbons (Fsp3) is 0.118. The quantitative estimate of drug-likeness (QED) is 0.726. The predicted molar refractivity (Wildman–Crippen MR) is 95.7 cm³/mol. The minimum atomic E-state index is -4.85. The number of alkyl halides is 3. The number of carbonyl (C=O) groups excluding carboxylic acids is 1. The Bertz CT molecular complexity index is 957. The lowest BCUT2D eigenvalue weighted by Crippen LogP contribution is -2.17. The van der Waals surface area contributed by atoms with Crippen LogP contribution in [0.4, 0.5) is 24.5 Å². The Balaban J connectivity index is 2.09. The molecule has 0 aliphatic rings. The second kappa shape index (κ2) is 8.12. The van der Waals surface area contributed by atoms with Crippen LogP contribution in [0.15, 0.2) is 54.6 Å². The zero-order valence-corrected chi connectivity index (χ0v) is 14.8. The monoisotopic (exact) mass is 400 g/mol. The van der Waals surface area contributed by atoms with E-state index >= 15 is 0 Å². The molecule has 1 amide bonds. The van der Waals surface area contributed by atoms with Crippen molar-refractivity contribution in [3.63, 3.8) is 0 Å². The summed E-state index contributed by atoms with van der Waals surface area (Å²) in [5.74, 6) is -1.05. The van der Waals surface area contributed by atoms with E-state index in [-0.39, 0.29) is 11.3 Å². The predicted octanol–water partition coefficient (Wildman–Crippen LogP) is 3.61. The third-order valence-corrected chi connectivity index (χ3v) is 3.60. The average Bonchev–Trinajstić information content (AvgIpc) is 2.51. The average molecular weight is 400 g/mol. The van der Waals surface area contributed by atoms with Crippen molar-refractivity contribution in [2.75, 3.05) is 16.3 Å². The molecule has 0 fully saturated rings. The Morgan fingerprint density at radius 3 is 2.41 bits per heavy atom. The highest BCUT2D eigenvalue weighted by Gasteiger charge is 2.31. The van der Waals surface area contributed by atoms with Crippen molar-refractivity contribution in [3.8, 4) is 5.75 Å². The molecule has 6 nitrogen and oxygen atoms in total. The van der Waals surface area contributed by atoms with Gasteiger partial charge in [-0.3, -0.25) is 9.52 Å². The van der Waals surface area contributed by atoms with Crippen LogP contribution < -0.4 is 14.8 Å². The summed E-state index contributed by atoms with van der Waals surface area (Å²) in [4.78, 5) is 12.0. The maximum absolute atomic E-state index is 12.4. The van der Waals surface area contributed by atoms with Gasteiger partial charge in [-0.25, -0.2) is 8.42 Å². The summed E-state index contributed by atoms with van der Waals surface area (Å²) in [7, 11) is -3.47. The van der Waals surface area contributed by atoms with Gasteiger partial charge in [-0.05, 0) is 30.3 Å². The molecule has 144 valence electrons. The van der Waals surface area contributed by atoms with Crippen molar-refractivity contribution in [3.05, 3.63) is 60.2 Å². The fourth-order valence-electron chi connectivity index (χ4n) is 2.06. The van der Waals surface area contributed by atoms with E-state index in [0.717, 1.165) is 18.4 Å². The van der Waals surface area contributed by atoms with E-state index in [9.17, 15) is 26.4 Å². The summed E-state index contributed by atoms with van der Waals surface area (Å²) >= 11 is 0. The normalized spacial score (nSPS) is 12.0. The maximum atomic E-state index is 12.4. The number of amides is 1. The number of para-hydroxylation sites is 1. The molecular formula is C17H15F3N2O4S. The number of halogens is 3. The smallest absolute Gasteiger partial charge is 0.405 e. The number of hydrogen-bond donors (Lipinski definition) is 2. The van der Waals surface area contributed by atoms with Crippen LogP contribution in [-0.4, -0.2) is 26.9 Å². The van der Waals surface area contributed by atoms with Gasteiger partial charge in [0.1, 0.15) is 5.75 Å². The highest BCUT2D eigenvalue weighted by molar-refractivity contribution is 7.92. The molecule has 2 aromatic carbocycles. The molecule has 0 aliphatic carbocycles. The zero-order valence-electron chi connectivity index (χ0n) is 13.9. The van der Waals surface area contributed by atoms with Crippen molar-refractivity contribution in [1.82, 2.24) is 0 Å². The first-order valence-electron chi connectivity index (χ1n) is 7.43. The molecule has 27 heavy (non-hydrogen) atoms. The van der Waals surface area contributed by atoms with Gasteiger partial charge >= 0.3 is 6.36 Å². The van der Waals surface area contributed by atoms with E-state index in [2.05, 4.69) is 14.8 Å². The second-order valence-electron chi connectivity index (χ2n) is 5.36. The Hall–Kier alpha value is -3.01. The number of nitrogens with one attached hydrogen (secondary N) is 2. The van der Waals surface area contributed by atoms with Crippen LogP contribution in [0.25, 0.3) is 6.08 Å². The molecule has 10 heteroatoms. The molecule has 0 aliphatic heterocycles. The minimum Gasteiger partial charge on any atom is -0.405 e. The van der Waals surface area contributed by atoms with E-state index < -0.39 is 28.0 Å². The van der Waals surface area contributed by atoms with Gasteiger partial charge in [0.2, 0.25) is 15.9 Å². The molecule has 2 rings (SSSR count). The first-order valence-corrected chi connectivity index (χ1v) is 9.33. The summed E-state index contributed by atoms with van der Waals surface area (Å²) in [6, 6.07) is 11.3. The third kappa shape index (κ3) is 7.40. The molecule has 0 atom stereocenters. The van der Waals surface area contributed by atoms with Crippen molar-refractivity contribution in [2.24, 2.45) is 0 Å². The summed E-state index contributed by atoms with van der Waals surface area (Å²) in [5.41, 5.74) is 0.624. The van der Waals surface area contributed by atoms with Crippen molar-refractivity contribution in [2.45, 2.75) is 6.36 Å². The lowest BCUT2D eigenvalue weighted by molar-refractivity contribution is -0.274. The Morgan fingerprint density at radius 1 is 1.07 bits per heavy atom. The second-order valence-corrected chi connectivity index (χ2v) is 7.11. The van der Waals surface area contributed by atoms with Crippen LogP contribution in [0.1, 0.15) is 5.56 Å². The number of rotatable bonds is 6. The first kappa shape index (κ1) is 20.3. The van der Waals surface area contributed by atoms with Crippen LogP contribution in [0.2, 0.25) is 0 Å². The molecule has 0 saturated carbocycles. The Kier molecular flexibility index (Phi) is 6.11. The van der Waals surface area contributed by atoms with Gasteiger partial charge in [-0.15, -0.1) is 13.2 Å². The van der Waals surface area contributed by atoms with Crippen LogP contribution in [0.5, 0.6) is 5.75 Å². The van der Waals surface area contributed by atoms with Gasteiger partial charge < -0.3 is 10.1 Å². The lowest BCUT2D eigenvalue weighted by atomic mass is 10.2. The molecule has 0 aromatic heterocycles. The minimum absolute atomic E-state index is 0.0671. The first-order chi connectivity index (χ1) is 12.5. The number of ether oxygens (including phenoxy) is 1. The largest absolute Gasteiger partial charge is 0.573 e. The highest BCUT2D eigenvalue weighted by Crippen LogP contribution is 2.27.